The van der Waals surface area contributed by atoms with Crippen molar-refractivity contribution in [3.63, 3.8) is 0 Å². The van der Waals surface area contributed by atoms with E-state index < -0.39 is 0 Å². The summed E-state index contributed by atoms with van der Waals surface area (Å²) in [6.07, 6.45) is 0.844. The van der Waals surface area contributed by atoms with Crippen LogP contribution >= 0.6 is 0 Å². The van der Waals surface area contributed by atoms with Gasteiger partial charge in [0.2, 0.25) is 0 Å². The first-order chi connectivity index (χ1) is 15.1. The number of para-hydroxylation sites is 1. The fourth-order valence-corrected chi connectivity index (χ4v) is 3.95. The van der Waals surface area contributed by atoms with Crippen molar-refractivity contribution >= 4 is 5.91 Å². The zero-order chi connectivity index (χ0) is 21.6. The number of benzene rings is 2. The summed E-state index contributed by atoms with van der Waals surface area (Å²) in [5.74, 6) is 2.27. The quantitative estimate of drug-likeness (QED) is 0.638. The third-order valence-corrected chi connectivity index (χ3v) is 5.51. The highest BCUT2D eigenvalue weighted by atomic mass is 16.5. The van der Waals surface area contributed by atoms with E-state index in [-0.39, 0.29) is 18.6 Å². The molecular weight excluding hydrogens is 390 g/mol. The Labute approximate surface area is 183 Å². The molecule has 162 valence electrons. The first kappa shape index (κ1) is 21.1. The molecule has 7 nitrogen and oxygen atoms in total. The van der Waals surface area contributed by atoms with Gasteiger partial charge in [0, 0.05) is 32.6 Å². The summed E-state index contributed by atoms with van der Waals surface area (Å²) in [5.41, 5.74) is 2.62. The Morgan fingerprint density at radius 2 is 1.94 bits per heavy atom. The first-order valence-corrected chi connectivity index (χ1v) is 10.8. The van der Waals surface area contributed by atoms with E-state index in [9.17, 15) is 4.79 Å². The van der Waals surface area contributed by atoms with Crippen molar-refractivity contribution in [2.75, 3.05) is 19.7 Å². The molecule has 2 aromatic carbocycles. The van der Waals surface area contributed by atoms with Crippen LogP contribution in [0.1, 0.15) is 35.7 Å². The molecule has 3 aromatic rings. The Kier molecular flexibility index (Phi) is 6.62. The standard InChI is InChI=1S/C24H29N5O2/c1-18-7-6-8-20(15-18)16-28-12-11-22-26-27-24(29(22)14-13-28)19(2)25-23(30)17-31-21-9-4-3-5-10-21/h3-10,15,19H,11-14,16-17H2,1-2H3,(H,25,30)/t19-/m1/s1. The van der Waals surface area contributed by atoms with Crippen LogP contribution in [-0.4, -0.2) is 45.3 Å². The normalized spacial score (nSPS) is 15.0. The van der Waals surface area contributed by atoms with Gasteiger partial charge < -0.3 is 14.6 Å². The van der Waals surface area contributed by atoms with E-state index >= 15 is 0 Å². The average Bonchev–Trinajstić information content (AvgIpc) is 3.08. The third-order valence-electron chi connectivity index (χ3n) is 5.51. The van der Waals surface area contributed by atoms with Gasteiger partial charge in [-0.2, -0.15) is 0 Å². The number of rotatable bonds is 7. The second kappa shape index (κ2) is 9.75. The molecule has 1 amide bonds. The maximum atomic E-state index is 12.3. The highest BCUT2D eigenvalue weighted by molar-refractivity contribution is 5.77. The van der Waals surface area contributed by atoms with Gasteiger partial charge in [-0.3, -0.25) is 9.69 Å². The Balaban J connectivity index is 1.33. The highest BCUT2D eigenvalue weighted by Crippen LogP contribution is 2.17. The molecule has 1 N–H and O–H groups in total. The molecule has 31 heavy (non-hydrogen) atoms. The number of aryl methyl sites for hydroxylation is 1. The summed E-state index contributed by atoms with van der Waals surface area (Å²) in [4.78, 5) is 14.8. The van der Waals surface area contributed by atoms with Gasteiger partial charge in [0.1, 0.15) is 11.6 Å². The molecule has 7 heteroatoms. The lowest BCUT2D eigenvalue weighted by Crippen LogP contribution is -2.33. The molecule has 0 fully saturated rings. The summed E-state index contributed by atoms with van der Waals surface area (Å²) in [5, 5.41) is 11.7. The first-order valence-electron chi connectivity index (χ1n) is 10.8. The van der Waals surface area contributed by atoms with Crippen LogP contribution in [0.15, 0.2) is 54.6 Å². The molecule has 1 aliphatic heterocycles. The van der Waals surface area contributed by atoms with Gasteiger partial charge in [0.25, 0.3) is 5.91 Å². The number of hydrogen-bond acceptors (Lipinski definition) is 5. The smallest absolute Gasteiger partial charge is 0.258 e. The minimum Gasteiger partial charge on any atom is -0.484 e. The number of hydrogen-bond donors (Lipinski definition) is 1. The molecule has 1 aromatic heterocycles. The predicted octanol–water partition coefficient (Wildman–Crippen LogP) is 2.90. The Morgan fingerprint density at radius 1 is 1.10 bits per heavy atom. The van der Waals surface area contributed by atoms with Crippen LogP contribution in [0.3, 0.4) is 0 Å². The number of amides is 1. The molecule has 1 atom stereocenters. The van der Waals surface area contributed by atoms with Crippen molar-refractivity contribution in [1.82, 2.24) is 25.0 Å². The molecule has 0 saturated carbocycles. The van der Waals surface area contributed by atoms with E-state index in [4.69, 9.17) is 4.74 Å². The van der Waals surface area contributed by atoms with Gasteiger partial charge in [-0.15, -0.1) is 10.2 Å². The van der Waals surface area contributed by atoms with Crippen LogP contribution in [0, 0.1) is 6.92 Å². The number of carbonyl (C=O) groups excluding carboxylic acids is 1. The van der Waals surface area contributed by atoms with Crippen molar-refractivity contribution < 1.29 is 9.53 Å². The van der Waals surface area contributed by atoms with E-state index in [0.717, 1.165) is 44.2 Å². The van der Waals surface area contributed by atoms with Gasteiger partial charge in [0.15, 0.2) is 12.4 Å². The fraction of sp³-hybridized carbons (Fsp3) is 0.375. The van der Waals surface area contributed by atoms with Crippen LogP contribution in [-0.2, 0) is 24.3 Å². The maximum Gasteiger partial charge on any atom is 0.258 e. The van der Waals surface area contributed by atoms with Crippen molar-refractivity contribution in [3.8, 4) is 5.75 Å². The highest BCUT2D eigenvalue weighted by Gasteiger charge is 2.23. The lowest BCUT2D eigenvalue weighted by atomic mass is 10.1. The lowest BCUT2D eigenvalue weighted by Gasteiger charge is -2.20. The van der Waals surface area contributed by atoms with Gasteiger partial charge in [-0.05, 0) is 31.5 Å². The van der Waals surface area contributed by atoms with E-state index in [1.807, 2.05) is 37.3 Å². The molecule has 0 unspecified atom stereocenters. The zero-order valence-electron chi connectivity index (χ0n) is 18.1. The maximum absolute atomic E-state index is 12.3. The van der Waals surface area contributed by atoms with Crippen LogP contribution in [0.4, 0.5) is 0 Å². The molecule has 0 radical (unpaired) electrons. The Hall–Kier alpha value is -3.19. The van der Waals surface area contributed by atoms with E-state index in [2.05, 4.69) is 56.2 Å². The molecule has 0 saturated heterocycles. The second-order valence-corrected chi connectivity index (χ2v) is 8.03. The van der Waals surface area contributed by atoms with Gasteiger partial charge >= 0.3 is 0 Å². The van der Waals surface area contributed by atoms with Crippen molar-refractivity contribution in [2.45, 2.75) is 39.4 Å². The molecule has 0 bridgehead atoms. The molecule has 0 spiro atoms. The van der Waals surface area contributed by atoms with E-state index in [0.29, 0.717) is 5.75 Å². The minimum absolute atomic E-state index is 0.0282. The Bertz CT molecular complexity index is 1020. The fourth-order valence-electron chi connectivity index (χ4n) is 3.95. The molecule has 2 heterocycles. The molecule has 0 aliphatic carbocycles. The summed E-state index contributed by atoms with van der Waals surface area (Å²) in [7, 11) is 0. The lowest BCUT2D eigenvalue weighted by molar-refractivity contribution is -0.123. The second-order valence-electron chi connectivity index (χ2n) is 8.03. The average molecular weight is 420 g/mol. The van der Waals surface area contributed by atoms with Gasteiger partial charge in [0.05, 0.1) is 6.04 Å². The van der Waals surface area contributed by atoms with Crippen molar-refractivity contribution in [3.05, 3.63) is 77.4 Å². The van der Waals surface area contributed by atoms with Crippen LogP contribution in [0.25, 0.3) is 0 Å². The van der Waals surface area contributed by atoms with Crippen LogP contribution < -0.4 is 10.1 Å². The van der Waals surface area contributed by atoms with E-state index in [1.54, 1.807) is 0 Å². The van der Waals surface area contributed by atoms with Crippen molar-refractivity contribution in [1.29, 1.82) is 0 Å². The summed E-state index contributed by atoms with van der Waals surface area (Å²) in [6.45, 7) is 7.64. The number of aromatic nitrogens is 3. The number of nitrogens with zero attached hydrogens (tertiary/aromatic N) is 4. The Morgan fingerprint density at radius 3 is 2.74 bits per heavy atom. The monoisotopic (exact) mass is 419 g/mol. The minimum atomic E-state index is -0.239. The SMILES string of the molecule is Cc1cccc(CN2CCc3nnc([C@@H](C)NC(=O)COc4ccccc4)n3CC2)c1. The topological polar surface area (TPSA) is 72.3 Å². The zero-order valence-corrected chi connectivity index (χ0v) is 18.1. The predicted molar refractivity (Wildman–Crippen MR) is 119 cm³/mol. The summed E-state index contributed by atoms with van der Waals surface area (Å²) >= 11 is 0. The van der Waals surface area contributed by atoms with Gasteiger partial charge in [-0.1, -0.05) is 48.0 Å². The van der Waals surface area contributed by atoms with Gasteiger partial charge in [-0.25, -0.2) is 0 Å². The number of fused-ring (bicyclic) bond motifs is 1. The molecular formula is C24H29N5O2. The number of nitrogens with one attached hydrogen (secondary N) is 1. The third kappa shape index (κ3) is 5.49. The van der Waals surface area contributed by atoms with Crippen LogP contribution in [0.2, 0.25) is 0 Å². The number of ether oxygens (including phenoxy) is 1. The number of carbonyl (C=O) groups is 1. The molecule has 4 rings (SSSR count). The van der Waals surface area contributed by atoms with Crippen LogP contribution in [0.5, 0.6) is 5.75 Å². The largest absolute Gasteiger partial charge is 0.484 e. The van der Waals surface area contributed by atoms with E-state index in [1.165, 1.54) is 11.1 Å². The summed E-state index contributed by atoms with van der Waals surface area (Å²) in [6, 6.07) is 17.7. The summed E-state index contributed by atoms with van der Waals surface area (Å²) < 4.78 is 7.69. The van der Waals surface area contributed by atoms with Crippen molar-refractivity contribution in [2.24, 2.45) is 0 Å². The molecule has 1 aliphatic rings.